The molecule has 16 heavy (non-hydrogen) atoms. The molecule has 1 unspecified atom stereocenters. The van der Waals surface area contributed by atoms with Crippen LogP contribution in [0.2, 0.25) is 0 Å². The second-order valence-corrected chi connectivity index (χ2v) is 4.02. The monoisotopic (exact) mass is 245 g/mol. The summed E-state index contributed by atoms with van der Waals surface area (Å²) >= 11 is -2.33. The Kier molecular flexibility index (Phi) is 4.57. The topological polar surface area (TPSA) is 66.4 Å². The molecule has 0 aliphatic carbocycles. The Labute approximate surface area is 94.7 Å². The fourth-order valence-electron chi connectivity index (χ4n) is 1.18. The molecule has 6 heteroatoms. The summed E-state index contributed by atoms with van der Waals surface area (Å²) in [4.78, 5) is 10.9. The average molecular weight is 245 g/mol. The second-order valence-electron chi connectivity index (χ2n) is 3.13. The molecule has 1 rings (SSSR count). The minimum atomic E-state index is -2.33. The Morgan fingerprint density at radius 1 is 1.56 bits per heavy atom. The molecule has 1 aromatic rings. The molecule has 1 aromatic carbocycles. The summed E-state index contributed by atoms with van der Waals surface area (Å²) in [5.41, 5.74) is 0.534. The average Bonchev–Trinajstić information content (AvgIpc) is 2.21. The zero-order chi connectivity index (χ0) is 12.1. The number of hydrogen-bond acceptors (Lipinski definition) is 4. The number of hydrogen-bond donors (Lipinski definition) is 0. The van der Waals surface area contributed by atoms with E-state index in [-0.39, 0.29) is 17.7 Å². The van der Waals surface area contributed by atoms with Gasteiger partial charge < -0.3 is 9.29 Å². The van der Waals surface area contributed by atoms with Gasteiger partial charge in [0.25, 0.3) is 0 Å². The van der Waals surface area contributed by atoms with E-state index in [1.54, 1.807) is 0 Å². The normalized spacial score (nSPS) is 12.2. The molecule has 88 valence electrons. The van der Waals surface area contributed by atoms with Crippen LogP contribution in [0, 0.1) is 5.82 Å². The smallest absolute Gasteiger partial charge is 0.309 e. The third-order valence-electron chi connectivity index (χ3n) is 1.97. The molecule has 0 aliphatic heterocycles. The van der Waals surface area contributed by atoms with E-state index in [2.05, 4.69) is 4.74 Å². The maximum Gasteiger partial charge on any atom is 0.309 e. The summed E-state index contributed by atoms with van der Waals surface area (Å²) in [5.74, 6) is -1.48. The molecule has 0 radical (unpaired) electrons. The number of carbonyl (C=O) groups is 1. The first kappa shape index (κ1) is 12.8. The zero-order valence-electron chi connectivity index (χ0n) is 8.57. The molecule has 0 fully saturated rings. The van der Waals surface area contributed by atoms with Crippen molar-refractivity contribution in [2.45, 2.75) is 12.2 Å². The van der Waals surface area contributed by atoms with Gasteiger partial charge in [-0.25, -0.2) is 4.39 Å². The molecule has 1 atom stereocenters. The summed E-state index contributed by atoms with van der Waals surface area (Å²) in [6.07, 6.45) is -0.0336. The summed E-state index contributed by atoms with van der Waals surface area (Å²) in [7, 11) is 1.24. The van der Waals surface area contributed by atoms with Crippen molar-refractivity contribution in [2.24, 2.45) is 0 Å². The van der Waals surface area contributed by atoms with Crippen molar-refractivity contribution in [1.29, 1.82) is 0 Å². The molecule has 0 N–H and O–H groups in total. The Hall–Kier alpha value is -1.27. The Balaban J connectivity index is 2.82. The van der Waals surface area contributed by atoms with E-state index in [1.165, 1.54) is 19.2 Å². The third kappa shape index (κ3) is 3.71. The second kappa shape index (κ2) is 5.72. The number of ether oxygens (including phenoxy) is 1. The molecule has 0 saturated carbocycles. The molecular formula is C10H10FO4S-. The van der Waals surface area contributed by atoms with E-state index in [0.29, 0.717) is 5.56 Å². The fourth-order valence-corrected chi connectivity index (χ4v) is 1.67. The third-order valence-corrected chi connectivity index (χ3v) is 2.51. The van der Waals surface area contributed by atoms with Gasteiger partial charge in [-0.2, -0.15) is 0 Å². The molecule has 0 heterocycles. The molecular weight excluding hydrogens is 235 g/mol. The first-order chi connectivity index (χ1) is 7.52. The first-order valence-corrected chi connectivity index (χ1v) is 5.67. The van der Waals surface area contributed by atoms with Crippen LogP contribution >= 0.6 is 0 Å². The number of methoxy groups -OCH3 is 1. The van der Waals surface area contributed by atoms with Crippen LogP contribution in [-0.2, 0) is 32.8 Å². The van der Waals surface area contributed by atoms with Crippen molar-refractivity contribution in [3.63, 3.8) is 0 Å². The fraction of sp³-hybridized carbons (Fsp3) is 0.300. The molecule has 4 nitrogen and oxygen atoms in total. The van der Waals surface area contributed by atoms with E-state index in [0.717, 1.165) is 6.07 Å². The van der Waals surface area contributed by atoms with Gasteiger partial charge in [0.05, 0.1) is 13.5 Å². The summed E-state index contributed by atoms with van der Waals surface area (Å²) < 4.78 is 38.5. The maximum absolute atomic E-state index is 13.3. The first-order valence-electron chi connectivity index (χ1n) is 4.43. The van der Waals surface area contributed by atoms with Gasteiger partial charge in [0.1, 0.15) is 5.82 Å². The SMILES string of the molecule is COC(=O)Cc1ccc(CS(=O)[O-])c(F)c1. The highest BCUT2D eigenvalue weighted by Gasteiger charge is 2.07. The van der Waals surface area contributed by atoms with E-state index in [4.69, 9.17) is 0 Å². The molecule has 0 aromatic heterocycles. The minimum Gasteiger partial charge on any atom is -0.772 e. The van der Waals surface area contributed by atoms with E-state index >= 15 is 0 Å². The number of halogens is 1. The van der Waals surface area contributed by atoms with Crippen LogP contribution in [0.1, 0.15) is 11.1 Å². The molecule has 0 bridgehead atoms. The highest BCUT2D eigenvalue weighted by atomic mass is 32.2. The van der Waals surface area contributed by atoms with Crippen LogP contribution in [-0.4, -0.2) is 21.8 Å². The van der Waals surface area contributed by atoms with Gasteiger partial charge in [0.2, 0.25) is 0 Å². The summed E-state index contributed by atoms with van der Waals surface area (Å²) in [6, 6.07) is 3.99. The Morgan fingerprint density at radius 3 is 2.75 bits per heavy atom. The van der Waals surface area contributed by atoms with E-state index in [9.17, 15) is 17.9 Å². The van der Waals surface area contributed by atoms with Gasteiger partial charge in [-0.3, -0.25) is 9.00 Å². The molecule has 0 aliphatic rings. The Bertz CT molecular complexity index is 419. The lowest BCUT2D eigenvalue weighted by atomic mass is 10.1. The van der Waals surface area contributed by atoms with Gasteiger partial charge in [0.15, 0.2) is 0 Å². The highest BCUT2D eigenvalue weighted by Crippen LogP contribution is 2.13. The largest absolute Gasteiger partial charge is 0.772 e. The van der Waals surface area contributed by atoms with Gasteiger partial charge in [-0.15, -0.1) is 0 Å². The summed E-state index contributed by atoms with van der Waals surface area (Å²) in [5, 5.41) is 0. The van der Waals surface area contributed by atoms with Crippen molar-refractivity contribution >= 4 is 17.0 Å². The zero-order valence-corrected chi connectivity index (χ0v) is 9.38. The predicted molar refractivity (Wildman–Crippen MR) is 54.7 cm³/mol. The van der Waals surface area contributed by atoms with Crippen molar-refractivity contribution in [1.82, 2.24) is 0 Å². The lowest BCUT2D eigenvalue weighted by Crippen LogP contribution is -2.05. The Morgan fingerprint density at radius 2 is 2.25 bits per heavy atom. The number of benzene rings is 1. The molecule has 0 saturated heterocycles. The van der Waals surface area contributed by atoms with Gasteiger partial charge in [0, 0.05) is 5.75 Å². The number of carbonyl (C=O) groups excluding carboxylic acids is 1. The van der Waals surface area contributed by atoms with Gasteiger partial charge >= 0.3 is 5.97 Å². The van der Waals surface area contributed by atoms with E-state index in [1.807, 2.05) is 0 Å². The van der Waals surface area contributed by atoms with Crippen molar-refractivity contribution in [2.75, 3.05) is 7.11 Å². The number of esters is 1. The van der Waals surface area contributed by atoms with Crippen molar-refractivity contribution < 1.29 is 22.7 Å². The van der Waals surface area contributed by atoms with Crippen LogP contribution in [0.5, 0.6) is 0 Å². The van der Waals surface area contributed by atoms with Crippen LogP contribution in [0.15, 0.2) is 18.2 Å². The van der Waals surface area contributed by atoms with Crippen LogP contribution in [0.4, 0.5) is 4.39 Å². The lowest BCUT2D eigenvalue weighted by molar-refractivity contribution is -0.139. The van der Waals surface area contributed by atoms with Gasteiger partial charge in [-0.05, 0) is 17.2 Å². The quantitative estimate of drug-likeness (QED) is 0.584. The van der Waals surface area contributed by atoms with Crippen LogP contribution in [0.25, 0.3) is 0 Å². The van der Waals surface area contributed by atoms with Crippen molar-refractivity contribution in [3.05, 3.63) is 35.1 Å². The molecule has 0 spiro atoms. The van der Waals surface area contributed by atoms with Gasteiger partial charge in [-0.1, -0.05) is 23.2 Å². The minimum absolute atomic E-state index is 0.0336. The highest BCUT2D eigenvalue weighted by molar-refractivity contribution is 7.78. The van der Waals surface area contributed by atoms with Crippen LogP contribution < -0.4 is 0 Å². The van der Waals surface area contributed by atoms with Crippen LogP contribution in [0.3, 0.4) is 0 Å². The van der Waals surface area contributed by atoms with E-state index < -0.39 is 22.9 Å². The standard InChI is InChI=1S/C10H11FO4S/c1-15-10(12)5-7-2-3-8(6-16(13)14)9(11)4-7/h2-4H,5-6H2,1H3,(H,13,14)/p-1. The predicted octanol–water partition coefficient (Wildman–Crippen LogP) is 0.920. The summed E-state index contributed by atoms with van der Waals surface area (Å²) in [6.45, 7) is 0. The van der Waals surface area contributed by atoms with Crippen molar-refractivity contribution in [3.8, 4) is 0 Å². The lowest BCUT2D eigenvalue weighted by Gasteiger charge is -2.07. The molecule has 0 amide bonds. The maximum atomic E-state index is 13.3. The number of rotatable bonds is 4.